The summed E-state index contributed by atoms with van der Waals surface area (Å²) in [4.78, 5) is 15.6. The lowest BCUT2D eigenvalue weighted by Crippen LogP contribution is -2.06. The lowest BCUT2D eigenvalue weighted by molar-refractivity contribution is 0.979. The Hall–Kier alpha value is -7.05. The van der Waals surface area contributed by atoms with Gasteiger partial charge in [-0.05, 0) is 83.2 Å². The minimum absolute atomic E-state index is 0.819. The number of para-hydroxylation sites is 7. The van der Waals surface area contributed by atoms with Gasteiger partial charge in [0.25, 0.3) is 0 Å². The maximum Gasteiger partial charge on any atom is 0.221 e. The number of aromatic nitrogens is 6. The Morgan fingerprint density at radius 2 is 0.824 bits per heavy atom. The summed E-state index contributed by atoms with van der Waals surface area (Å²) in [7, 11) is 0. The fourth-order valence-corrected chi connectivity index (χ4v) is 8.33. The molecule has 0 fully saturated rings. The molecule has 6 heteroatoms. The zero-order valence-electron chi connectivity index (χ0n) is 27.2. The average Bonchev–Trinajstić information content (AvgIpc) is 3.88. The van der Waals surface area contributed by atoms with Gasteiger partial charge in [0, 0.05) is 26.9 Å². The highest BCUT2D eigenvalue weighted by Gasteiger charge is 2.21. The van der Waals surface area contributed by atoms with Gasteiger partial charge in [-0.25, -0.2) is 15.0 Å². The van der Waals surface area contributed by atoms with Crippen molar-refractivity contribution < 1.29 is 0 Å². The molecule has 12 aromatic rings. The van der Waals surface area contributed by atoms with Crippen molar-refractivity contribution >= 4 is 87.7 Å². The Balaban J connectivity index is 1.17. The first-order chi connectivity index (χ1) is 25.3. The molecule has 0 aliphatic heterocycles. The third-order valence-corrected chi connectivity index (χ3v) is 10.6. The summed E-state index contributed by atoms with van der Waals surface area (Å²) >= 11 is 0. The minimum atomic E-state index is 0.819. The normalized spacial score (nSPS) is 12.3. The quantitative estimate of drug-likeness (QED) is 0.175. The summed E-state index contributed by atoms with van der Waals surface area (Å²) in [5.41, 5.74) is 12.5. The molecule has 0 spiro atoms. The van der Waals surface area contributed by atoms with Gasteiger partial charge in [0.15, 0.2) is 0 Å². The predicted octanol–water partition coefficient (Wildman–Crippen LogP) is 10.9. The van der Waals surface area contributed by atoms with Gasteiger partial charge in [-0.3, -0.25) is 13.4 Å². The zero-order chi connectivity index (χ0) is 33.2. The van der Waals surface area contributed by atoms with Gasteiger partial charge < -0.3 is 0 Å². The van der Waals surface area contributed by atoms with Gasteiger partial charge in [-0.15, -0.1) is 0 Å². The molecule has 5 heterocycles. The third-order valence-electron chi connectivity index (χ3n) is 10.6. The summed E-state index contributed by atoms with van der Waals surface area (Å²) in [5.74, 6) is 0.819. The topological polar surface area (TPSA) is 52.4 Å². The molecule has 12 rings (SSSR count). The van der Waals surface area contributed by atoms with Crippen LogP contribution in [0.15, 0.2) is 158 Å². The molecule has 0 saturated carbocycles. The van der Waals surface area contributed by atoms with Crippen LogP contribution in [0.5, 0.6) is 0 Å². The molecule has 0 bridgehead atoms. The van der Waals surface area contributed by atoms with Crippen LogP contribution >= 0.6 is 0 Å². The van der Waals surface area contributed by atoms with Crippen LogP contribution in [0.1, 0.15) is 0 Å². The monoisotopic (exact) mass is 650 g/mol. The Morgan fingerprint density at radius 3 is 1.57 bits per heavy atom. The van der Waals surface area contributed by atoms with Gasteiger partial charge in [0.1, 0.15) is 11.3 Å². The molecule has 0 unspecified atom stereocenters. The van der Waals surface area contributed by atoms with Crippen molar-refractivity contribution in [3.8, 4) is 17.1 Å². The van der Waals surface area contributed by atoms with Crippen LogP contribution in [0, 0.1) is 0 Å². The van der Waals surface area contributed by atoms with E-state index in [9.17, 15) is 0 Å². The smallest absolute Gasteiger partial charge is 0.221 e. The molecule has 0 saturated heterocycles. The molecule has 6 nitrogen and oxygen atoms in total. The molecule has 236 valence electrons. The lowest BCUT2D eigenvalue weighted by Gasteiger charge is -2.13. The molecule has 0 aliphatic rings. The second-order valence-corrected chi connectivity index (χ2v) is 13.3. The average molecular weight is 651 g/mol. The molecule has 0 amide bonds. The second-order valence-electron chi connectivity index (χ2n) is 13.3. The van der Waals surface area contributed by atoms with Crippen LogP contribution in [0.4, 0.5) is 0 Å². The van der Waals surface area contributed by atoms with E-state index in [-0.39, 0.29) is 0 Å². The second kappa shape index (κ2) is 9.77. The van der Waals surface area contributed by atoms with Gasteiger partial charge >= 0.3 is 0 Å². The summed E-state index contributed by atoms with van der Waals surface area (Å²) < 4.78 is 6.84. The number of rotatable bonds is 2. The van der Waals surface area contributed by atoms with E-state index in [1.807, 2.05) is 12.1 Å². The van der Waals surface area contributed by atoms with Gasteiger partial charge in [-0.2, -0.15) is 0 Å². The van der Waals surface area contributed by atoms with Gasteiger partial charge in [-0.1, -0.05) is 91.0 Å². The summed E-state index contributed by atoms with van der Waals surface area (Å²) in [5, 5.41) is 6.92. The Bertz CT molecular complexity index is 3440. The van der Waals surface area contributed by atoms with Crippen LogP contribution in [0.3, 0.4) is 0 Å². The Labute approximate surface area is 290 Å². The van der Waals surface area contributed by atoms with Crippen molar-refractivity contribution in [3.63, 3.8) is 0 Å². The van der Waals surface area contributed by atoms with E-state index >= 15 is 0 Å². The SMILES string of the molecule is c1ccc2c(c1)nc(-n1c3ccccc3c3ccc(-c4ccc5c(c4)c4ccccc4n4c6ccccc6nc54)cc31)n1c3ccccc3nc21. The first-order valence-corrected chi connectivity index (χ1v) is 17.2. The van der Waals surface area contributed by atoms with Crippen LogP contribution in [0.2, 0.25) is 0 Å². The molecule has 0 radical (unpaired) electrons. The van der Waals surface area contributed by atoms with E-state index < -0.39 is 0 Å². The number of benzene rings is 7. The molecule has 0 N–H and O–H groups in total. The standard InChI is InChI=1S/C45H26N6/c1-4-14-35-33(13-1)44-47-37-16-6-10-20-41(37)51(44)45(48-35)50-39-18-8-2-11-29(39)31-23-21-28(26-42(31)50)27-22-24-32-34(25-27)30-12-3-7-17-38(30)49-40-19-9-5-15-36(40)46-43(32)49/h1-26H. The van der Waals surface area contributed by atoms with Gasteiger partial charge in [0.2, 0.25) is 5.95 Å². The zero-order valence-corrected chi connectivity index (χ0v) is 27.2. The highest BCUT2D eigenvalue weighted by Crippen LogP contribution is 2.39. The number of imidazole rings is 2. The van der Waals surface area contributed by atoms with E-state index in [2.05, 4.69) is 159 Å². The van der Waals surface area contributed by atoms with E-state index in [1.54, 1.807) is 0 Å². The predicted molar refractivity (Wildman–Crippen MR) is 209 cm³/mol. The van der Waals surface area contributed by atoms with Crippen LogP contribution in [0.25, 0.3) is 105 Å². The molecule has 7 aromatic carbocycles. The first-order valence-electron chi connectivity index (χ1n) is 17.2. The Kier molecular flexibility index (Phi) is 5.14. The highest BCUT2D eigenvalue weighted by atomic mass is 15.2. The number of fused-ring (bicyclic) bond motifs is 16. The van der Waals surface area contributed by atoms with Gasteiger partial charge in [0.05, 0.1) is 44.1 Å². The largest absolute Gasteiger partial charge is 0.292 e. The fraction of sp³-hybridized carbons (Fsp3) is 0. The van der Waals surface area contributed by atoms with Crippen LogP contribution in [-0.4, -0.2) is 28.3 Å². The number of hydrogen-bond acceptors (Lipinski definition) is 3. The molecule has 51 heavy (non-hydrogen) atoms. The van der Waals surface area contributed by atoms with Crippen molar-refractivity contribution in [2.45, 2.75) is 0 Å². The minimum Gasteiger partial charge on any atom is -0.292 e. The van der Waals surface area contributed by atoms with Crippen LogP contribution < -0.4 is 0 Å². The number of pyridine rings is 1. The van der Waals surface area contributed by atoms with Crippen LogP contribution in [-0.2, 0) is 0 Å². The highest BCUT2D eigenvalue weighted by molar-refractivity contribution is 6.15. The first kappa shape index (κ1) is 26.9. The van der Waals surface area contributed by atoms with E-state index in [0.29, 0.717) is 0 Å². The number of nitrogens with zero attached hydrogens (tertiary/aromatic N) is 6. The fourth-order valence-electron chi connectivity index (χ4n) is 8.33. The van der Waals surface area contributed by atoms with E-state index in [1.165, 1.54) is 21.5 Å². The molecule has 0 atom stereocenters. The van der Waals surface area contributed by atoms with Crippen molar-refractivity contribution in [2.75, 3.05) is 0 Å². The molecular formula is C45H26N6. The molecule has 0 aliphatic carbocycles. The van der Waals surface area contributed by atoms with E-state index in [0.717, 1.165) is 83.3 Å². The molecular weight excluding hydrogens is 625 g/mol. The van der Waals surface area contributed by atoms with Crippen molar-refractivity contribution in [1.82, 2.24) is 28.3 Å². The van der Waals surface area contributed by atoms with Crippen molar-refractivity contribution in [2.24, 2.45) is 0 Å². The van der Waals surface area contributed by atoms with Crippen molar-refractivity contribution in [1.29, 1.82) is 0 Å². The van der Waals surface area contributed by atoms with E-state index in [4.69, 9.17) is 15.0 Å². The van der Waals surface area contributed by atoms with Crippen molar-refractivity contribution in [3.05, 3.63) is 158 Å². The maximum atomic E-state index is 5.37. The Morgan fingerprint density at radius 1 is 0.314 bits per heavy atom. The number of hydrogen-bond donors (Lipinski definition) is 0. The summed E-state index contributed by atoms with van der Waals surface area (Å²) in [6.07, 6.45) is 0. The summed E-state index contributed by atoms with van der Waals surface area (Å²) in [6, 6.07) is 55.9. The molecule has 5 aromatic heterocycles. The maximum absolute atomic E-state index is 5.37. The summed E-state index contributed by atoms with van der Waals surface area (Å²) in [6.45, 7) is 0. The third kappa shape index (κ3) is 3.57. The lowest BCUT2D eigenvalue weighted by atomic mass is 9.98.